The quantitative estimate of drug-likeness (QED) is 0.789. The van der Waals surface area contributed by atoms with Crippen molar-refractivity contribution in [1.29, 1.82) is 0 Å². The summed E-state index contributed by atoms with van der Waals surface area (Å²) in [6, 6.07) is 5.62. The highest BCUT2D eigenvalue weighted by Gasteiger charge is 2.18. The Bertz CT molecular complexity index is 525. The molecule has 0 aliphatic carbocycles. The first-order chi connectivity index (χ1) is 8.36. The molecule has 1 rings (SSSR count). The monoisotopic (exact) mass is 271 g/mol. The molecule has 0 heterocycles. The fourth-order valence-corrected chi connectivity index (χ4v) is 2.77. The second kappa shape index (κ2) is 6.08. The van der Waals surface area contributed by atoms with Crippen LogP contribution in [0.25, 0.3) is 0 Å². The topological polar surface area (TPSA) is 72.5 Å². The largest absolute Gasteiger partial charge is 0.383 e. The molecule has 5 nitrogen and oxygen atoms in total. The summed E-state index contributed by atoms with van der Waals surface area (Å²) in [6.45, 7) is 3.38. The molecular formula is C12H17NO4S. The van der Waals surface area contributed by atoms with Crippen molar-refractivity contribution in [2.45, 2.75) is 24.8 Å². The van der Waals surface area contributed by atoms with Gasteiger partial charge in [-0.15, -0.1) is 0 Å². The van der Waals surface area contributed by atoms with Gasteiger partial charge in [0.15, 0.2) is 5.78 Å². The van der Waals surface area contributed by atoms with Crippen LogP contribution in [-0.2, 0) is 14.8 Å². The highest BCUT2D eigenvalue weighted by atomic mass is 32.2. The van der Waals surface area contributed by atoms with Crippen LogP contribution in [0.3, 0.4) is 0 Å². The maximum atomic E-state index is 12.0. The van der Waals surface area contributed by atoms with Crippen LogP contribution in [-0.4, -0.2) is 34.0 Å². The van der Waals surface area contributed by atoms with Crippen LogP contribution in [0.4, 0.5) is 0 Å². The van der Waals surface area contributed by atoms with Crippen LogP contribution in [0.1, 0.15) is 24.2 Å². The van der Waals surface area contributed by atoms with Crippen molar-refractivity contribution < 1.29 is 17.9 Å². The molecular weight excluding hydrogens is 254 g/mol. The molecule has 0 aliphatic heterocycles. The smallest absolute Gasteiger partial charge is 0.240 e. The summed E-state index contributed by atoms with van der Waals surface area (Å²) < 4.78 is 31.4. The van der Waals surface area contributed by atoms with E-state index in [0.29, 0.717) is 5.56 Å². The van der Waals surface area contributed by atoms with Crippen LogP contribution < -0.4 is 4.72 Å². The fraction of sp³-hybridized carbons (Fsp3) is 0.417. The maximum Gasteiger partial charge on any atom is 0.240 e. The van der Waals surface area contributed by atoms with Gasteiger partial charge in [0.1, 0.15) is 0 Å². The Morgan fingerprint density at radius 3 is 2.67 bits per heavy atom. The number of hydrogen-bond acceptors (Lipinski definition) is 4. The number of methoxy groups -OCH3 is 1. The minimum absolute atomic E-state index is 0.0816. The van der Waals surface area contributed by atoms with E-state index in [-0.39, 0.29) is 23.3 Å². The van der Waals surface area contributed by atoms with E-state index in [1.165, 1.54) is 26.2 Å². The van der Waals surface area contributed by atoms with Gasteiger partial charge < -0.3 is 4.74 Å². The summed E-state index contributed by atoms with van der Waals surface area (Å²) in [5.74, 6) is -0.169. The first-order valence-corrected chi connectivity index (χ1v) is 6.97. The molecule has 0 radical (unpaired) electrons. The van der Waals surface area contributed by atoms with E-state index in [0.717, 1.165) is 0 Å². The van der Waals surface area contributed by atoms with Crippen molar-refractivity contribution in [1.82, 2.24) is 4.72 Å². The number of hydrogen-bond donors (Lipinski definition) is 1. The summed E-state index contributed by atoms with van der Waals surface area (Å²) in [7, 11) is -2.12. The lowest BCUT2D eigenvalue weighted by atomic mass is 10.2. The normalized spacial score (nSPS) is 13.3. The van der Waals surface area contributed by atoms with Gasteiger partial charge in [-0.25, -0.2) is 13.1 Å². The summed E-state index contributed by atoms with van der Waals surface area (Å²) in [6.07, 6.45) is 0. The average molecular weight is 271 g/mol. The van der Waals surface area contributed by atoms with Crippen LogP contribution in [0, 0.1) is 0 Å². The zero-order chi connectivity index (χ0) is 13.8. The third-order valence-corrected chi connectivity index (χ3v) is 3.91. The van der Waals surface area contributed by atoms with Gasteiger partial charge in [0, 0.05) is 18.7 Å². The van der Waals surface area contributed by atoms with Crippen molar-refractivity contribution in [3.8, 4) is 0 Å². The molecule has 6 heteroatoms. The van der Waals surface area contributed by atoms with Crippen molar-refractivity contribution >= 4 is 15.8 Å². The van der Waals surface area contributed by atoms with Gasteiger partial charge in [0.2, 0.25) is 10.0 Å². The van der Waals surface area contributed by atoms with Crippen LogP contribution in [0.2, 0.25) is 0 Å². The van der Waals surface area contributed by atoms with Gasteiger partial charge >= 0.3 is 0 Å². The van der Waals surface area contributed by atoms with Gasteiger partial charge in [-0.05, 0) is 26.0 Å². The molecule has 1 atom stereocenters. The standard InChI is InChI=1S/C12H17NO4S/c1-9(8-17-3)13-18(15,16)12-6-4-5-11(7-12)10(2)14/h4-7,9,13H,8H2,1-3H3. The van der Waals surface area contributed by atoms with Gasteiger partial charge in [-0.2, -0.15) is 0 Å². The molecule has 0 spiro atoms. The van der Waals surface area contributed by atoms with Crippen molar-refractivity contribution in [3.05, 3.63) is 29.8 Å². The molecule has 1 unspecified atom stereocenters. The second-order valence-electron chi connectivity index (χ2n) is 4.06. The number of ketones is 1. The van der Waals surface area contributed by atoms with E-state index in [9.17, 15) is 13.2 Å². The van der Waals surface area contributed by atoms with Crippen molar-refractivity contribution in [3.63, 3.8) is 0 Å². The van der Waals surface area contributed by atoms with E-state index in [1.807, 2.05) is 0 Å². The summed E-state index contributed by atoms with van der Waals surface area (Å²) in [4.78, 5) is 11.3. The Balaban J connectivity index is 2.98. The molecule has 100 valence electrons. The number of rotatable bonds is 6. The molecule has 0 aliphatic rings. The molecule has 0 fully saturated rings. The average Bonchev–Trinajstić information content (AvgIpc) is 2.28. The molecule has 0 saturated heterocycles. The third kappa shape index (κ3) is 3.90. The number of sulfonamides is 1. The Kier molecular flexibility index (Phi) is 5.01. The highest BCUT2D eigenvalue weighted by molar-refractivity contribution is 7.89. The number of nitrogens with one attached hydrogen (secondary N) is 1. The number of benzene rings is 1. The zero-order valence-corrected chi connectivity index (χ0v) is 11.5. The van der Waals surface area contributed by atoms with E-state index < -0.39 is 10.0 Å². The van der Waals surface area contributed by atoms with Crippen LogP contribution in [0.5, 0.6) is 0 Å². The first-order valence-electron chi connectivity index (χ1n) is 5.49. The summed E-state index contributed by atoms with van der Waals surface area (Å²) in [5, 5.41) is 0. The lowest BCUT2D eigenvalue weighted by Gasteiger charge is -2.13. The van der Waals surface area contributed by atoms with E-state index in [1.54, 1.807) is 19.1 Å². The summed E-state index contributed by atoms with van der Waals surface area (Å²) >= 11 is 0. The van der Waals surface area contributed by atoms with E-state index in [2.05, 4.69) is 4.72 Å². The molecule has 0 aromatic heterocycles. The predicted octanol–water partition coefficient (Wildman–Crippen LogP) is 1.20. The van der Waals surface area contributed by atoms with Gasteiger partial charge in [-0.1, -0.05) is 12.1 Å². The summed E-state index contributed by atoms with van der Waals surface area (Å²) in [5.41, 5.74) is 0.372. The van der Waals surface area contributed by atoms with Crippen molar-refractivity contribution in [2.24, 2.45) is 0 Å². The van der Waals surface area contributed by atoms with E-state index >= 15 is 0 Å². The second-order valence-corrected chi connectivity index (χ2v) is 5.78. The molecule has 0 saturated carbocycles. The molecule has 1 aromatic rings. The Hall–Kier alpha value is -1.24. The van der Waals surface area contributed by atoms with Gasteiger partial charge in [0.05, 0.1) is 11.5 Å². The molecule has 18 heavy (non-hydrogen) atoms. The fourth-order valence-electron chi connectivity index (χ4n) is 1.50. The van der Waals surface area contributed by atoms with Gasteiger partial charge in [-0.3, -0.25) is 4.79 Å². The van der Waals surface area contributed by atoms with Crippen LogP contribution in [0.15, 0.2) is 29.2 Å². The molecule has 1 aromatic carbocycles. The number of carbonyl (C=O) groups excluding carboxylic acids is 1. The Morgan fingerprint density at radius 2 is 2.11 bits per heavy atom. The van der Waals surface area contributed by atoms with E-state index in [4.69, 9.17) is 4.74 Å². The number of carbonyl (C=O) groups is 1. The predicted molar refractivity (Wildman–Crippen MR) is 68.1 cm³/mol. The third-order valence-electron chi connectivity index (χ3n) is 2.32. The first kappa shape index (κ1) is 14.8. The van der Waals surface area contributed by atoms with Crippen molar-refractivity contribution in [2.75, 3.05) is 13.7 Å². The molecule has 0 amide bonds. The zero-order valence-electron chi connectivity index (χ0n) is 10.6. The minimum Gasteiger partial charge on any atom is -0.383 e. The maximum absolute atomic E-state index is 12.0. The lowest BCUT2D eigenvalue weighted by molar-refractivity contribution is 0.101. The Morgan fingerprint density at radius 1 is 1.44 bits per heavy atom. The lowest BCUT2D eigenvalue weighted by Crippen LogP contribution is -2.35. The SMILES string of the molecule is COCC(C)NS(=O)(=O)c1cccc(C(C)=O)c1. The molecule has 1 N–H and O–H groups in total. The number of Topliss-reactive ketones (excluding diaryl/α,β-unsaturated/α-hetero) is 1. The Labute approximate surface area is 107 Å². The minimum atomic E-state index is -3.62. The number of ether oxygens (including phenoxy) is 1. The van der Waals surface area contributed by atoms with Crippen LogP contribution >= 0.6 is 0 Å². The highest BCUT2D eigenvalue weighted by Crippen LogP contribution is 2.12. The van der Waals surface area contributed by atoms with Gasteiger partial charge in [0.25, 0.3) is 0 Å². The molecule has 0 bridgehead atoms.